The number of nitrogens with zero attached hydrogens (tertiary/aromatic N) is 7. The van der Waals surface area contributed by atoms with Crippen LogP contribution in [0.15, 0.2) is 188 Å². The lowest BCUT2D eigenvalue weighted by molar-refractivity contribution is 1.07. The number of hydrogen-bond donors (Lipinski definition) is 0. The van der Waals surface area contributed by atoms with Crippen molar-refractivity contribution in [1.29, 1.82) is 5.26 Å². The average Bonchev–Trinajstić information content (AvgIpc) is 3.82. The van der Waals surface area contributed by atoms with Gasteiger partial charge in [0.05, 0.1) is 39.0 Å². The third kappa shape index (κ3) is 5.28. The first-order chi connectivity index (χ1) is 28.7. The third-order valence-corrected chi connectivity index (χ3v) is 10.9. The van der Waals surface area contributed by atoms with Crippen LogP contribution in [-0.4, -0.2) is 29.1 Å². The van der Waals surface area contributed by atoms with Crippen molar-refractivity contribution in [2.75, 3.05) is 0 Å². The number of pyridine rings is 1. The van der Waals surface area contributed by atoms with E-state index >= 15 is 0 Å². The Hall–Kier alpha value is -8.21. The molecule has 58 heavy (non-hydrogen) atoms. The van der Waals surface area contributed by atoms with Crippen molar-refractivity contribution in [2.45, 2.75) is 0 Å². The molecule has 0 amide bonds. The fraction of sp³-hybridized carbons (Fsp3) is 0. The van der Waals surface area contributed by atoms with Gasteiger partial charge in [0.1, 0.15) is 6.07 Å². The largest absolute Gasteiger partial charge is 0.309 e. The lowest BCUT2D eigenvalue weighted by Gasteiger charge is -2.20. The quantitative estimate of drug-likeness (QED) is 0.169. The minimum atomic E-state index is 0.460. The minimum absolute atomic E-state index is 0.460. The van der Waals surface area contributed by atoms with E-state index in [1.807, 2.05) is 91.3 Å². The molecule has 7 heteroatoms. The third-order valence-electron chi connectivity index (χ3n) is 10.9. The molecule has 7 nitrogen and oxygen atoms in total. The number of hydrogen-bond acceptors (Lipinski definition) is 5. The molecule has 0 saturated heterocycles. The second-order valence-electron chi connectivity index (χ2n) is 14.2. The Morgan fingerprint density at radius 1 is 0.414 bits per heavy atom. The number of fused-ring (bicyclic) bond motifs is 6. The molecule has 0 fully saturated rings. The first-order valence-electron chi connectivity index (χ1n) is 19.1. The summed E-state index contributed by atoms with van der Waals surface area (Å²) in [5.74, 6) is 1.55. The maximum Gasteiger partial charge on any atom is 0.164 e. The van der Waals surface area contributed by atoms with Crippen molar-refractivity contribution in [2.24, 2.45) is 0 Å². The van der Waals surface area contributed by atoms with E-state index in [1.165, 1.54) is 0 Å². The van der Waals surface area contributed by atoms with E-state index in [4.69, 9.17) is 19.9 Å². The molecule has 4 aromatic heterocycles. The highest BCUT2D eigenvalue weighted by molar-refractivity contribution is 6.11. The normalized spacial score (nSPS) is 11.4. The Bertz CT molecular complexity index is 3250. The molecule has 7 aromatic carbocycles. The van der Waals surface area contributed by atoms with Gasteiger partial charge in [0.15, 0.2) is 17.5 Å². The van der Waals surface area contributed by atoms with Crippen LogP contribution in [-0.2, 0) is 0 Å². The molecule has 0 saturated carbocycles. The van der Waals surface area contributed by atoms with E-state index < -0.39 is 0 Å². The van der Waals surface area contributed by atoms with Gasteiger partial charge in [-0.1, -0.05) is 133 Å². The average molecular weight is 742 g/mol. The molecule has 0 aliphatic heterocycles. The summed E-state index contributed by atoms with van der Waals surface area (Å²) >= 11 is 0. The lowest BCUT2D eigenvalue weighted by Crippen LogP contribution is -2.06. The van der Waals surface area contributed by atoms with Crippen molar-refractivity contribution in [3.63, 3.8) is 0 Å². The van der Waals surface area contributed by atoms with Crippen LogP contribution in [0.3, 0.4) is 0 Å². The van der Waals surface area contributed by atoms with E-state index in [-0.39, 0.29) is 0 Å². The maximum atomic E-state index is 11.3. The topological polar surface area (TPSA) is 85.2 Å². The van der Waals surface area contributed by atoms with Gasteiger partial charge in [-0.25, -0.2) is 15.0 Å². The van der Waals surface area contributed by atoms with Crippen LogP contribution < -0.4 is 0 Å². The Morgan fingerprint density at radius 3 is 1.33 bits per heavy atom. The summed E-state index contributed by atoms with van der Waals surface area (Å²) in [5, 5.41) is 15.8. The van der Waals surface area contributed by atoms with Crippen LogP contribution >= 0.6 is 0 Å². The highest BCUT2D eigenvalue weighted by Gasteiger charge is 2.25. The highest BCUT2D eigenvalue weighted by Crippen LogP contribution is 2.43. The molecule has 0 radical (unpaired) electrons. The van der Waals surface area contributed by atoms with Crippen LogP contribution in [0.1, 0.15) is 5.56 Å². The zero-order valence-corrected chi connectivity index (χ0v) is 31.0. The second-order valence-corrected chi connectivity index (χ2v) is 14.2. The number of para-hydroxylation sites is 4. The van der Waals surface area contributed by atoms with Gasteiger partial charge in [-0.3, -0.25) is 4.98 Å². The van der Waals surface area contributed by atoms with Gasteiger partial charge in [-0.05, 0) is 42.5 Å². The first kappa shape index (κ1) is 33.2. The van der Waals surface area contributed by atoms with Gasteiger partial charge >= 0.3 is 0 Å². The van der Waals surface area contributed by atoms with Crippen LogP contribution in [0.25, 0.3) is 100 Å². The summed E-state index contributed by atoms with van der Waals surface area (Å²) in [4.78, 5) is 19.9. The summed E-state index contributed by atoms with van der Waals surface area (Å²) in [6.07, 6.45) is 3.75. The molecule has 4 heterocycles. The Kier molecular flexibility index (Phi) is 7.73. The molecule has 0 N–H and O–H groups in total. The summed E-state index contributed by atoms with van der Waals surface area (Å²) in [6, 6.07) is 62.3. The van der Waals surface area contributed by atoms with Gasteiger partial charge in [0.25, 0.3) is 0 Å². The molecule has 0 atom stereocenters. The SMILES string of the molecule is N#Cc1cc(-c2nc(-c3ccccc3)nc(-c3ccccc3)n2)cc(-c2cnccc2-n2c3ccccc3c3ccccc32)c1-n1c2ccccc2c2ccccc21. The first-order valence-corrected chi connectivity index (χ1v) is 19.1. The molecular weight excluding hydrogens is 711 g/mol. The number of aromatic nitrogens is 6. The predicted molar refractivity (Wildman–Crippen MR) is 233 cm³/mol. The molecule has 11 aromatic rings. The summed E-state index contributed by atoms with van der Waals surface area (Å²) in [6.45, 7) is 0. The number of nitriles is 1. The van der Waals surface area contributed by atoms with Crippen LogP contribution in [0, 0.1) is 11.3 Å². The summed E-state index contributed by atoms with van der Waals surface area (Å²) in [7, 11) is 0. The highest BCUT2D eigenvalue weighted by atomic mass is 15.0. The van der Waals surface area contributed by atoms with Crippen molar-refractivity contribution in [1.82, 2.24) is 29.1 Å². The number of rotatable bonds is 6. The molecular formula is C51H31N7. The Labute approximate surface area is 333 Å². The van der Waals surface area contributed by atoms with E-state index in [1.54, 1.807) is 0 Å². The molecule has 0 unspecified atom stereocenters. The predicted octanol–water partition coefficient (Wildman–Crippen LogP) is 12.0. The zero-order chi connectivity index (χ0) is 38.6. The summed E-state index contributed by atoms with van der Waals surface area (Å²) < 4.78 is 4.53. The van der Waals surface area contributed by atoms with E-state index in [9.17, 15) is 5.26 Å². The minimum Gasteiger partial charge on any atom is -0.309 e. The Balaban J connectivity index is 1.26. The molecule has 11 rings (SSSR count). The Morgan fingerprint density at radius 2 is 0.845 bits per heavy atom. The van der Waals surface area contributed by atoms with Crippen LogP contribution in [0.4, 0.5) is 0 Å². The zero-order valence-electron chi connectivity index (χ0n) is 31.0. The maximum absolute atomic E-state index is 11.3. The van der Waals surface area contributed by atoms with Crippen molar-refractivity contribution < 1.29 is 0 Å². The van der Waals surface area contributed by atoms with Gasteiger partial charge in [0, 0.05) is 61.8 Å². The van der Waals surface area contributed by atoms with E-state index in [0.29, 0.717) is 28.6 Å². The van der Waals surface area contributed by atoms with Gasteiger partial charge in [0.2, 0.25) is 0 Å². The fourth-order valence-corrected chi connectivity index (χ4v) is 8.37. The second kappa shape index (κ2) is 13.5. The lowest BCUT2D eigenvalue weighted by atomic mass is 9.96. The summed E-state index contributed by atoms with van der Waals surface area (Å²) in [5.41, 5.74) is 10.4. The van der Waals surface area contributed by atoms with Crippen molar-refractivity contribution in [3.05, 3.63) is 194 Å². The van der Waals surface area contributed by atoms with Crippen LogP contribution in [0.2, 0.25) is 0 Å². The number of benzene rings is 7. The monoisotopic (exact) mass is 741 g/mol. The smallest absolute Gasteiger partial charge is 0.164 e. The molecule has 0 spiro atoms. The van der Waals surface area contributed by atoms with Crippen molar-refractivity contribution >= 4 is 43.6 Å². The molecule has 270 valence electrons. The van der Waals surface area contributed by atoms with Crippen LogP contribution in [0.5, 0.6) is 0 Å². The van der Waals surface area contributed by atoms with Gasteiger partial charge in [-0.2, -0.15) is 5.26 Å². The molecule has 0 bridgehead atoms. The van der Waals surface area contributed by atoms with Gasteiger partial charge in [-0.15, -0.1) is 0 Å². The van der Waals surface area contributed by atoms with E-state index in [2.05, 4.69) is 112 Å². The fourth-order valence-electron chi connectivity index (χ4n) is 8.37. The standard InChI is InChI=1S/C51H31N7/c52-31-36-29-35(51-55-49(33-15-3-1-4-16-33)54-50(56-51)34-17-5-2-6-18-34)30-41(48(36)58-45-25-13-9-21-39(45)40-22-10-14-26-46(40)58)42-32-53-28-27-47(42)57-43-23-11-7-19-37(43)38-20-8-12-24-44(38)57/h1-30,32H. The molecule has 0 aliphatic rings. The van der Waals surface area contributed by atoms with E-state index in [0.717, 1.165) is 77.2 Å². The molecule has 0 aliphatic carbocycles. The van der Waals surface area contributed by atoms with Gasteiger partial charge < -0.3 is 9.13 Å². The van der Waals surface area contributed by atoms with Crippen molar-refractivity contribution in [3.8, 4) is 62.7 Å².